The van der Waals surface area contributed by atoms with Crippen LogP contribution in [0.25, 0.3) is 0 Å². The molecule has 6 nitrogen and oxygen atoms in total. The van der Waals surface area contributed by atoms with E-state index in [1.54, 1.807) is 25.1 Å². The third kappa shape index (κ3) is 4.95. The number of benzene rings is 1. The number of carbonyl (C=O) groups is 1. The Morgan fingerprint density at radius 3 is 2.62 bits per heavy atom. The van der Waals surface area contributed by atoms with Crippen LogP contribution in [-0.2, 0) is 14.8 Å². The number of hydrogen-bond donors (Lipinski definition) is 3. The van der Waals surface area contributed by atoms with Crippen LogP contribution in [0.2, 0.25) is 0 Å². The first-order chi connectivity index (χ1) is 11.3. The monoisotopic (exact) mass is 353 g/mol. The van der Waals surface area contributed by atoms with Crippen LogP contribution in [0.3, 0.4) is 0 Å². The van der Waals surface area contributed by atoms with Crippen LogP contribution < -0.4 is 15.8 Å². The van der Waals surface area contributed by atoms with Crippen LogP contribution >= 0.6 is 0 Å². The van der Waals surface area contributed by atoms with Gasteiger partial charge in [0.25, 0.3) is 0 Å². The van der Waals surface area contributed by atoms with Crippen LogP contribution in [0, 0.1) is 12.8 Å². The lowest BCUT2D eigenvalue weighted by molar-refractivity contribution is -0.117. The normalized spacial score (nSPS) is 20.8. The van der Waals surface area contributed by atoms with Crippen molar-refractivity contribution in [3.63, 3.8) is 0 Å². The average molecular weight is 353 g/mol. The van der Waals surface area contributed by atoms with Crippen molar-refractivity contribution < 1.29 is 13.2 Å². The van der Waals surface area contributed by atoms with Gasteiger partial charge in [0.05, 0.1) is 11.4 Å². The van der Waals surface area contributed by atoms with E-state index in [4.69, 9.17) is 5.73 Å². The van der Waals surface area contributed by atoms with Gasteiger partial charge < -0.3 is 11.1 Å². The molecule has 7 heteroatoms. The smallest absolute Gasteiger partial charge is 0.232 e. The largest absolute Gasteiger partial charge is 0.327 e. The van der Waals surface area contributed by atoms with Gasteiger partial charge in [-0.05, 0) is 49.8 Å². The van der Waals surface area contributed by atoms with Gasteiger partial charge in [-0.3, -0.25) is 9.52 Å². The number of anilines is 2. The summed E-state index contributed by atoms with van der Waals surface area (Å²) >= 11 is 0. The molecule has 0 aromatic heterocycles. The standard InChI is InChI=1S/C17H27N3O3S/c1-3-10-24(22,23)20-16-9-5-8-15(12(16)2)19-17(21)11-13-6-4-7-14(13)18/h5,8-9,13-14,20H,3-4,6-7,10-11,18H2,1-2H3,(H,19,21)/t13-,14+/m0/s1. The zero-order valence-corrected chi connectivity index (χ0v) is 15.2. The first-order valence-corrected chi connectivity index (χ1v) is 10.1. The maximum Gasteiger partial charge on any atom is 0.232 e. The highest BCUT2D eigenvalue weighted by molar-refractivity contribution is 7.92. The summed E-state index contributed by atoms with van der Waals surface area (Å²) in [7, 11) is -3.36. The fourth-order valence-electron chi connectivity index (χ4n) is 3.13. The number of hydrogen-bond acceptors (Lipinski definition) is 4. The number of sulfonamides is 1. The van der Waals surface area contributed by atoms with Crippen molar-refractivity contribution in [2.24, 2.45) is 11.7 Å². The van der Waals surface area contributed by atoms with Gasteiger partial charge in [0.1, 0.15) is 0 Å². The summed E-state index contributed by atoms with van der Waals surface area (Å²) in [6, 6.07) is 5.31. The summed E-state index contributed by atoms with van der Waals surface area (Å²) in [6.07, 6.45) is 4.00. The van der Waals surface area contributed by atoms with Crippen molar-refractivity contribution in [1.29, 1.82) is 0 Å². The Labute approximate surface area is 144 Å². The summed E-state index contributed by atoms with van der Waals surface area (Å²) in [5.41, 5.74) is 7.85. The lowest BCUT2D eigenvalue weighted by atomic mass is 10.00. The molecule has 24 heavy (non-hydrogen) atoms. The van der Waals surface area contributed by atoms with Crippen LogP contribution in [-0.4, -0.2) is 26.1 Å². The predicted molar refractivity (Wildman–Crippen MR) is 97.4 cm³/mol. The molecule has 1 aliphatic carbocycles. The van der Waals surface area contributed by atoms with Crippen molar-refractivity contribution in [1.82, 2.24) is 0 Å². The van der Waals surface area contributed by atoms with E-state index in [1.807, 2.05) is 6.92 Å². The molecule has 0 bridgehead atoms. The zero-order chi connectivity index (χ0) is 17.7. The van der Waals surface area contributed by atoms with Gasteiger partial charge in [-0.1, -0.05) is 19.4 Å². The number of carbonyl (C=O) groups excluding carboxylic acids is 1. The highest BCUT2D eigenvalue weighted by atomic mass is 32.2. The Morgan fingerprint density at radius 2 is 2.00 bits per heavy atom. The summed E-state index contributed by atoms with van der Waals surface area (Å²) < 4.78 is 26.5. The van der Waals surface area contributed by atoms with Crippen LogP contribution in [0.5, 0.6) is 0 Å². The van der Waals surface area contributed by atoms with E-state index in [9.17, 15) is 13.2 Å². The molecule has 0 radical (unpaired) electrons. The number of nitrogens with one attached hydrogen (secondary N) is 2. The third-order valence-electron chi connectivity index (χ3n) is 4.51. The van der Waals surface area contributed by atoms with E-state index < -0.39 is 10.0 Å². The molecule has 0 unspecified atom stereocenters. The molecule has 0 saturated heterocycles. The van der Waals surface area contributed by atoms with Crippen LogP contribution in [0.4, 0.5) is 11.4 Å². The minimum absolute atomic E-state index is 0.0720. The summed E-state index contributed by atoms with van der Waals surface area (Å²) in [6.45, 7) is 3.61. The Balaban J connectivity index is 2.05. The van der Waals surface area contributed by atoms with Gasteiger partial charge in [-0.25, -0.2) is 8.42 Å². The quantitative estimate of drug-likeness (QED) is 0.701. The second-order valence-corrected chi connectivity index (χ2v) is 8.35. The minimum Gasteiger partial charge on any atom is -0.327 e. The fraction of sp³-hybridized carbons (Fsp3) is 0.588. The molecule has 1 aromatic rings. The number of rotatable bonds is 7. The molecule has 134 valence electrons. The highest BCUT2D eigenvalue weighted by Gasteiger charge is 2.26. The molecule has 0 aliphatic heterocycles. The van der Waals surface area contributed by atoms with Gasteiger partial charge in [-0.15, -0.1) is 0 Å². The number of amides is 1. The molecule has 1 aromatic carbocycles. The van der Waals surface area contributed by atoms with E-state index in [0.29, 0.717) is 29.8 Å². The van der Waals surface area contributed by atoms with Crippen LogP contribution in [0.1, 0.15) is 44.6 Å². The highest BCUT2D eigenvalue weighted by Crippen LogP contribution is 2.28. The van der Waals surface area contributed by atoms with Gasteiger partial charge in [0, 0.05) is 18.2 Å². The van der Waals surface area contributed by atoms with Gasteiger partial charge in [-0.2, -0.15) is 0 Å². The average Bonchev–Trinajstić information content (AvgIpc) is 2.88. The Bertz CT molecular complexity index is 688. The first-order valence-electron chi connectivity index (χ1n) is 8.48. The van der Waals surface area contributed by atoms with Crippen molar-refractivity contribution in [2.45, 2.75) is 52.0 Å². The fourth-order valence-corrected chi connectivity index (χ4v) is 4.32. The topological polar surface area (TPSA) is 101 Å². The minimum atomic E-state index is -3.36. The van der Waals surface area contributed by atoms with E-state index >= 15 is 0 Å². The van der Waals surface area contributed by atoms with Crippen molar-refractivity contribution in [3.05, 3.63) is 23.8 Å². The first kappa shape index (κ1) is 18.7. The second-order valence-electron chi connectivity index (χ2n) is 6.51. The van der Waals surface area contributed by atoms with E-state index in [0.717, 1.165) is 19.3 Å². The maximum absolute atomic E-state index is 12.3. The Hall–Kier alpha value is -1.60. The molecule has 0 spiro atoms. The molecule has 1 amide bonds. The summed E-state index contributed by atoms with van der Waals surface area (Å²) in [4.78, 5) is 12.3. The SMILES string of the molecule is CCCS(=O)(=O)Nc1cccc(NC(=O)C[C@@H]2CCC[C@H]2N)c1C. The Morgan fingerprint density at radius 1 is 1.29 bits per heavy atom. The molecule has 2 rings (SSSR count). The molecule has 1 fully saturated rings. The predicted octanol–water partition coefficient (Wildman–Crippen LogP) is 2.60. The van der Waals surface area contributed by atoms with Crippen LogP contribution in [0.15, 0.2) is 18.2 Å². The van der Waals surface area contributed by atoms with E-state index in [2.05, 4.69) is 10.0 Å². The molecule has 1 saturated carbocycles. The lowest BCUT2D eigenvalue weighted by Crippen LogP contribution is -2.28. The third-order valence-corrected chi connectivity index (χ3v) is 5.99. The summed E-state index contributed by atoms with van der Waals surface area (Å²) in [5, 5.41) is 2.89. The van der Waals surface area contributed by atoms with E-state index in [-0.39, 0.29) is 23.6 Å². The molecular formula is C17H27N3O3S. The van der Waals surface area contributed by atoms with Crippen molar-refractivity contribution in [2.75, 3.05) is 15.8 Å². The zero-order valence-electron chi connectivity index (χ0n) is 14.3. The molecule has 2 atom stereocenters. The molecule has 0 heterocycles. The van der Waals surface area contributed by atoms with Crippen molar-refractivity contribution >= 4 is 27.3 Å². The van der Waals surface area contributed by atoms with E-state index in [1.165, 1.54) is 0 Å². The Kier molecular flexibility index (Phi) is 6.23. The summed E-state index contributed by atoms with van der Waals surface area (Å²) in [5.74, 6) is 0.230. The van der Waals surface area contributed by atoms with Gasteiger partial charge in [0.2, 0.25) is 15.9 Å². The van der Waals surface area contributed by atoms with Gasteiger partial charge in [0.15, 0.2) is 0 Å². The van der Waals surface area contributed by atoms with Gasteiger partial charge >= 0.3 is 0 Å². The maximum atomic E-state index is 12.3. The second kappa shape index (κ2) is 7.98. The lowest BCUT2D eigenvalue weighted by Gasteiger charge is -2.17. The number of nitrogens with two attached hydrogens (primary N) is 1. The van der Waals surface area contributed by atoms with Crippen molar-refractivity contribution in [3.8, 4) is 0 Å². The molecule has 1 aliphatic rings. The molecular weight excluding hydrogens is 326 g/mol. The molecule has 4 N–H and O–H groups in total.